The van der Waals surface area contributed by atoms with Crippen LogP contribution in [0.3, 0.4) is 0 Å². The number of hydrogen-bond acceptors (Lipinski definition) is 2. The minimum absolute atomic E-state index is 0.000113. The van der Waals surface area contributed by atoms with E-state index in [9.17, 15) is 0 Å². The first-order valence-corrected chi connectivity index (χ1v) is 26.9. The number of benzene rings is 7. The van der Waals surface area contributed by atoms with Crippen LogP contribution in [-0.4, -0.2) is 16.0 Å². The van der Waals surface area contributed by atoms with Crippen molar-refractivity contribution in [3.05, 3.63) is 155 Å². The van der Waals surface area contributed by atoms with E-state index in [1.54, 1.807) is 0 Å². The Kier molecular flexibility index (Phi) is 9.82. The van der Waals surface area contributed by atoms with Gasteiger partial charge < -0.3 is 18.4 Å². The zero-order valence-corrected chi connectivity index (χ0v) is 46.9. The van der Waals surface area contributed by atoms with Crippen molar-refractivity contribution in [2.24, 2.45) is 0 Å². The van der Waals surface area contributed by atoms with Gasteiger partial charge in [-0.1, -0.05) is 185 Å². The predicted octanol–water partition coefficient (Wildman–Crippen LogP) is 17.6. The zero-order valence-electron chi connectivity index (χ0n) is 46.9. The van der Waals surface area contributed by atoms with Crippen LogP contribution in [0.15, 0.2) is 126 Å². The summed E-state index contributed by atoms with van der Waals surface area (Å²) in [4.78, 5) is 2.60. The summed E-state index contributed by atoms with van der Waals surface area (Å²) in [6.45, 7) is 42.0. The van der Waals surface area contributed by atoms with Gasteiger partial charge in [-0.05, 0) is 137 Å². The van der Waals surface area contributed by atoms with Crippen LogP contribution in [0, 0.1) is 0 Å². The van der Waals surface area contributed by atoms with Gasteiger partial charge in [0.25, 0.3) is 0 Å². The molecule has 2 aliphatic heterocycles. The van der Waals surface area contributed by atoms with Gasteiger partial charge in [-0.2, -0.15) is 0 Å². The average molecular weight is 960 g/mol. The Morgan fingerprint density at radius 1 is 0.411 bits per heavy atom. The summed E-state index contributed by atoms with van der Waals surface area (Å²) in [5.41, 5.74) is 21.9. The lowest BCUT2D eigenvalue weighted by atomic mass is 9.43. The minimum atomic E-state index is -0.195. The second-order valence-corrected chi connectivity index (χ2v) is 28.0. The van der Waals surface area contributed by atoms with Gasteiger partial charge >= 0.3 is 6.85 Å². The van der Waals surface area contributed by atoms with Gasteiger partial charge in [0.2, 0.25) is 0 Å². The average Bonchev–Trinajstić information content (AvgIpc) is 3.96. The third-order valence-corrected chi connectivity index (χ3v) is 16.6. The molecular weight excluding hydrogens is 886 g/mol. The maximum Gasteiger partial charge on any atom is 0.336 e. The van der Waals surface area contributed by atoms with E-state index in [1.807, 2.05) is 0 Å². The quantitative estimate of drug-likeness (QED) is 0.161. The monoisotopic (exact) mass is 960 g/mol. The molecule has 5 heteroatoms. The second kappa shape index (κ2) is 15.1. The van der Waals surface area contributed by atoms with E-state index in [1.165, 1.54) is 116 Å². The molecule has 10 aromatic rings. The summed E-state index contributed by atoms with van der Waals surface area (Å²) in [7, 11) is 0. The van der Waals surface area contributed by atoms with E-state index < -0.39 is 0 Å². The third kappa shape index (κ3) is 7.07. The molecular formula is C68H74BN3O. The number of furan rings is 1. The number of aromatic nitrogens is 2. The molecule has 0 saturated heterocycles. The summed E-state index contributed by atoms with van der Waals surface area (Å²) < 4.78 is 12.9. The Morgan fingerprint density at radius 3 is 1.59 bits per heavy atom. The topological polar surface area (TPSA) is 26.2 Å². The molecule has 4 nitrogen and oxygen atoms in total. The Hall–Kier alpha value is -6.46. The molecule has 2 aliphatic rings. The first-order valence-electron chi connectivity index (χ1n) is 26.9. The van der Waals surface area contributed by atoms with E-state index >= 15 is 0 Å². The summed E-state index contributed by atoms with van der Waals surface area (Å²) in [5.74, 6) is 0.921. The highest BCUT2D eigenvalue weighted by Crippen LogP contribution is 2.53. The summed E-state index contributed by atoms with van der Waals surface area (Å²) in [6.07, 6.45) is 0. The van der Waals surface area contributed by atoms with Crippen molar-refractivity contribution in [2.75, 3.05) is 4.81 Å². The molecule has 5 heterocycles. The van der Waals surface area contributed by atoms with Crippen LogP contribution in [0.5, 0.6) is 0 Å². The SMILES string of the molecule is CC(C)(C)c1ccc(N2B3c4c(cc(C(C)(C)C)cc4-n4c5ccc6c7cc(C(C)(C)C)ccc7n(-c7ccccc7)c6c5c5cc(C(C)(C)C)cc3c54)-c3c2oc2c(C(C)(C)C)cc(C(C)(C)C)cc32)cc1. The lowest BCUT2D eigenvalue weighted by Crippen LogP contribution is -2.60. The molecule has 0 atom stereocenters. The summed E-state index contributed by atoms with van der Waals surface area (Å²) in [6, 6.07) is 47.6. The highest BCUT2D eigenvalue weighted by molar-refractivity contribution is 6.93. The van der Waals surface area contributed by atoms with Crippen molar-refractivity contribution in [3.8, 4) is 22.5 Å². The molecule has 12 rings (SSSR count). The highest BCUT2D eigenvalue weighted by atomic mass is 16.4. The normalized spacial score (nSPS) is 14.4. The van der Waals surface area contributed by atoms with Gasteiger partial charge in [0, 0.05) is 49.6 Å². The van der Waals surface area contributed by atoms with Gasteiger partial charge in [-0.25, -0.2) is 0 Å². The van der Waals surface area contributed by atoms with Crippen molar-refractivity contribution in [3.63, 3.8) is 0 Å². The van der Waals surface area contributed by atoms with Crippen molar-refractivity contribution >= 4 is 83.9 Å². The molecule has 7 aromatic carbocycles. The van der Waals surface area contributed by atoms with Crippen LogP contribution < -0.4 is 15.7 Å². The van der Waals surface area contributed by atoms with Crippen molar-refractivity contribution in [1.82, 2.24) is 9.13 Å². The van der Waals surface area contributed by atoms with Gasteiger partial charge in [0.1, 0.15) is 5.58 Å². The van der Waals surface area contributed by atoms with Gasteiger partial charge in [-0.15, -0.1) is 0 Å². The lowest BCUT2D eigenvalue weighted by molar-refractivity contribution is 0.552. The molecule has 0 aliphatic carbocycles. The molecule has 370 valence electrons. The molecule has 0 unspecified atom stereocenters. The third-order valence-electron chi connectivity index (χ3n) is 16.6. The molecule has 73 heavy (non-hydrogen) atoms. The molecule has 3 aromatic heterocycles. The lowest BCUT2D eigenvalue weighted by Gasteiger charge is -2.41. The molecule has 0 radical (unpaired) electrons. The summed E-state index contributed by atoms with van der Waals surface area (Å²) >= 11 is 0. The number of hydrogen-bond donors (Lipinski definition) is 0. The van der Waals surface area contributed by atoms with Crippen molar-refractivity contribution in [2.45, 2.75) is 157 Å². The number of rotatable bonds is 2. The van der Waals surface area contributed by atoms with E-state index in [0.29, 0.717) is 0 Å². The van der Waals surface area contributed by atoms with Gasteiger partial charge in [0.05, 0.1) is 27.6 Å². The van der Waals surface area contributed by atoms with Gasteiger partial charge in [0.15, 0.2) is 5.88 Å². The fourth-order valence-electron chi connectivity index (χ4n) is 12.3. The van der Waals surface area contributed by atoms with Crippen LogP contribution in [-0.2, 0) is 32.5 Å². The van der Waals surface area contributed by atoms with Crippen molar-refractivity contribution < 1.29 is 4.42 Å². The van der Waals surface area contributed by atoms with Crippen LogP contribution in [0.2, 0.25) is 0 Å². The van der Waals surface area contributed by atoms with Crippen molar-refractivity contribution in [1.29, 1.82) is 0 Å². The fourth-order valence-corrected chi connectivity index (χ4v) is 12.3. The Morgan fingerprint density at radius 2 is 0.973 bits per heavy atom. The zero-order chi connectivity index (χ0) is 52.0. The van der Waals surface area contributed by atoms with Crippen LogP contribution in [0.25, 0.3) is 77.1 Å². The van der Waals surface area contributed by atoms with Gasteiger partial charge in [-0.3, -0.25) is 0 Å². The maximum atomic E-state index is 7.70. The second-order valence-electron chi connectivity index (χ2n) is 28.0. The van der Waals surface area contributed by atoms with E-state index in [-0.39, 0.29) is 39.3 Å². The Labute approximate surface area is 434 Å². The maximum absolute atomic E-state index is 7.70. The number of para-hydroxylation sites is 1. The largest absolute Gasteiger partial charge is 0.440 e. The molecule has 0 bridgehead atoms. The molecule has 0 fully saturated rings. The highest BCUT2D eigenvalue weighted by Gasteiger charge is 2.48. The Balaban J connectivity index is 1.32. The standard InChI is InChI=1S/C68H74BN3O/c1-63(2,3)39-24-27-45(28-25-39)72-62-56(50-35-41(65(7,8)9)36-51(61(50)73-62)68(16,17)18)48-33-43(67(13,14)15)38-55-58(48)69(72)52-37-42(66(10,11)12)34-49-57-54(71(55)59(49)52)31-29-46-47-32-40(64(4,5)6)26-30-53(47)70(60(46)57)44-22-20-19-21-23-44/h19-38H,1-18H3. The van der Waals surface area contributed by atoms with Crippen LogP contribution >= 0.6 is 0 Å². The summed E-state index contributed by atoms with van der Waals surface area (Å²) in [5, 5.41) is 6.33. The van der Waals surface area contributed by atoms with E-state index in [0.717, 1.165) is 17.2 Å². The number of anilines is 2. The number of nitrogens with zero attached hydrogens (tertiary/aromatic N) is 3. The van der Waals surface area contributed by atoms with E-state index in [4.69, 9.17) is 4.42 Å². The molecule has 0 N–H and O–H groups in total. The molecule has 0 spiro atoms. The minimum Gasteiger partial charge on any atom is -0.440 e. The van der Waals surface area contributed by atoms with Crippen LogP contribution in [0.4, 0.5) is 11.6 Å². The first-order chi connectivity index (χ1) is 34.0. The fraction of sp³-hybridized carbons (Fsp3) is 0.353. The smallest absolute Gasteiger partial charge is 0.336 e. The van der Waals surface area contributed by atoms with E-state index in [2.05, 4.69) is 260 Å². The molecule has 0 amide bonds. The first kappa shape index (κ1) is 47.5. The molecule has 0 saturated carbocycles. The predicted molar refractivity (Wildman–Crippen MR) is 316 cm³/mol. The Bertz CT molecular complexity index is 3940. The van der Waals surface area contributed by atoms with Crippen LogP contribution in [0.1, 0.15) is 158 Å². The number of fused-ring (bicyclic) bond motifs is 13.